The van der Waals surface area contributed by atoms with Gasteiger partial charge in [-0.3, -0.25) is 4.79 Å². The van der Waals surface area contributed by atoms with Gasteiger partial charge in [0, 0.05) is 16.8 Å². The second-order valence-electron chi connectivity index (χ2n) is 4.45. The normalized spacial score (nSPS) is 11.6. The largest absolute Gasteiger partial charge is 0.416 e. The number of rotatable bonds is 3. The molecule has 0 unspecified atom stereocenters. The smallest absolute Gasteiger partial charge is 0.323 e. The van der Waals surface area contributed by atoms with E-state index in [1.165, 1.54) is 24.3 Å². The highest BCUT2D eigenvalue weighted by atomic mass is 35.5. The quantitative estimate of drug-likeness (QED) is 0.790. The van der Waals surface area contributed by atoms with Crippen LogP contribution in [0.3, 0.4) is 0 Å². The molecule has 1 amide bonds. The van der Waals surface area contributed by atoms with Crippen LogP contribution >= 0.6 is 11.6 Å². The fourth-order valence-corrected chi connectivity index (χ4v) is 1.80. The molecule has 0 aromatic heterocycles. The topological polar surface area (TPSA) is 29.1 Å². The predicted molar refractivity (Wildman–Crippen MR) is 80.6 cm³/mol. The summed E-state index contributed by atoms with van der Waals surface area (Å²) in [7, 11) is 0. The Balaban J connectivity index is 1.99. The van der Waals surface area contributed by atoms with E-state index >= 15 is 0 Å². The lowest BCUT2D eigenvalue weighted by atomic mass is 10.1. The van der Waals surface area contributed by atoms with Crippen LogP contribution in [0.2, 0.25) is 5.02 Å². The molecule has 114 valence electrons. The van der Waals surface area contributed by atoms with Gasteiger partial charge in [-0.2, -0.15) is 13.2 Å². The first kappa shape index (κ1) is 16.1. The van der Waals surface area contributed by atoms with Gasteiger partial charge >= 0.3 is 6.18 Å². The molecule has 0 bridgehead atoms. The van der Waals surface area contributed by atoms with Crippen LogP contribution in [0, 0.1) is 0 Å². The van der Waals surface area contributed by atoms with Gasteiger partial charge in [0.25, 0.3) is 0 Å². The number of alkyl halides is 3. The van der Waals surface area contributed by atoms with Gasteiger partial charge in [0.05, 0.1) is 5.56 Å². The molecule has 22 heavy (non-hydrogen) atoms. The summed E-state index contributed by atoms with van der Waals surface area (Å²) in [6, 6.07) is 11.1. The number of halogens is 4. The number of benzene rings is 2. The van der Waals surface area contributed by atoms with E-state index in [9.17, 15) is 18.0 Å². The van der Waals surface area contributed by atoms with Crippen molar-refractivity contribution in [3.63, 3.8) is 0 Å². The Bertz CT molecular complexity index is 676. The van der Waals surface area contributed by atoms with Crippen LogP contribution in [0.4, 0.5) is 18.9 Å². The zero-order valence-electron chi connectivity index (χ0n) is 11.2. The van der Waals surface area contributed by atoms with E-state index < -0.39 is 11.7 Å². The average Bonchev–Trinajstić information content (AvgIpc) is 2.47. The highest BCUT2D eigenvalue weighted by molar-refractivity contribution is 6.30. The lowest BCUT2D eigenvalue weighted by Gasteiger charge is -2.06. The molecule has 0 saturated heterocycles. The molecule has 2 aromatic carbocycles. The van der Waals surface area contributed by atoms with E-state index in [2.05, 4.69) is 5.32 Å². The fourth-order valence-electron chi connectivity index (χ4n) is 1.67. The first-order valence-corrected chi connectivity index (χ1v) is 6.64. The van der Waals surface area contributed by atoms with Crippen molar-refractivity contribution in [3.8, 4) is 0 Å². The first-order chi connectivity index (χ1) is 10.3. The van der Waals surface area contributed by atoms with Gasteiger partial charge in [0.1, 0.15) is 0 Å². The molecule has 0 aliphatic heterocycles. The number of carbonyl (C=O) groups is 1. The zero-order valence-corrected chi connectivity index (χ0v) is 11.9. The second kappa shape index (κ2) is 6.66. The van der Waals surface area contributed by atoms with Crippen LogP contribution in [-0.2, 0) is 11.0 Å². The third kappa shape index (κ3) is 4.63. The summed E-state index contributed by atoms with van der Waals surface area (Å²) in [4.78, 5) is 11.7. The first-order valence-electron chi connectivity index (χ1n) is 6.26. The van der Waals surface area contributed by atoms with Crippen LogP contribution in [0.25, 0.3) is 6.08 Å². The van der Waals surface area contributed by atoms with E-state index in [0.717, 1.165) is 12.1 Å². The number of hydrogen-bond acceptors (Lipinski definition) is 1. The summed E-state index contributed by atoms with van der Waals surface area (Å²) in [5.74, 6) is -0.387. The minimum absolute atomic E-state index is 0.387. The van der Waals surface area contributed by atoms with E-state index in [-0.39, 0.29) is 5.91 Å². The van der Waals surface area contributed by atoms with Crippen LogP contribution < -0.4 is 5.32 Å². The molecular weight excluding hydrogens is 315 g/mol. The predicted octanol–water partition coefficient (Wildman–Crippen LogP) is 5.01. The number of nitrogens with one attached hydrogen (secondary N) is 1. The van der Waals surface area contributed by atoms with Crippen molar-refractivity contribution in [1.82, 2.24) is 0 Å². The van der Waals surface area contributed by atoms with E-state index in [1.54, 1.807) is 24.3 Å². The maximum atomic E-state index is 12.4. The van der Waals surface area contributed by atoms with Crippen LogP contribution in [-0.4, -0.2) is 5.91 Å². The van der Waals surface area contributed by atoms with Crippen molar-refractivity contribution in [1.29, 1.82) is 0 Å². The van der Waals surface area contributed by atoms with E-state index in [0.29, 0.717) is 16.3 Å². The van der Waals surface area contributed by atoms with E-state index in [4.69, 9.17) is 11.6 Å². The molecule has 2 rings (SSSR count). The zero-order chi connectivity index (χ0) is 16.2. The summed E-state index contributed by atoms with van der Waals surface area (Å²) in [6.45, 7) is 0. The monoisotopic (exact) mass is 325 g/mol. The lowest BCUT2D eigenvalue weighted by Crippen LogP contribution is -2.07. The third-order valence-corrected chi connectivity index (χ3v) is 3.03. The van der Waals surface area contributed by atoms with Gasteiger partial charge in [-0.25, -0.2) is 0 Å². The standard InChI is InChI=1S/C16H11ClF3NO/c17-13-6-8-14(9-7-13)21-15(22)10-3-11-1-4-12(5-2-11)16(18,19)20/h1-10H,(H,21,22)/b10-3+. The molecule has 0 fully saturated rings. The van der Waals surface area contributed by atoms with Gasteiger partial charge in [-0.15, -0.1) is 0 Å². The highest BCUT2D eigenvalue weighted by Crippen LogP contribution is 2.29. The van der Waals surface area contributed by atoms with Gasteiger partial charge in [-0.05, 0) is 48.0 Å². The Morgan fingerprint density at radius 3 is 2.14 bits per heavy atom. The van der Waals surface area contributed by atoms with Crippen molar-refractivity contribution in [3.05, 3.63) is 70.8 Å². The SMILES string of the molecule is O=C(/C=C/c1ccc(C(F)(F)F)cc1)Nc1ccc(Cl)cc1. The minimum Gasteiger partial charge on any atom is -0.323 e. The van der Waals surface area contributed by atoms with Crippen molar-refractivity contribution in [2.45, 2.75) is 6.18 Å². The van der Waals surface area contributed by atoms with E-state index in [1.807, 2.05) is 0 Å². The summed E-state index contributed by atoms with van der Waals surface area (Å²) >= 11 is 5.73. The molecular formula is C16H11ClF3NO. The molecule has 6 heteroatoms. The van der Waals surface area contributed by atoms with Gasteiger partial charge < -0.3 is 5.32 Å². The third-order valence-electron chi connectivity index (χ3n) is 2.78. The Kier molecular flexibility index (Phi) is 4.88. The van der Waals surface area contributed by atoms with Crippen molar-refractivity contribution in [2.75, 3.05) is 5.32 Å². The average molecular weight is 326 g/mol. The molecule has 0 spiro atoms. The maximum Gasteiger partial charge on any atom is 0.416 e. The molecule has 0 aliphatic rings. The Morgan fingerprint density at radius 1 is 1.00 bits per heavy atom. The van der Waals surface area contributed by atoms with Gasteiger partial charge in [0.2, 0.25) is 5.91 Å². The van der Waals surface area contributed by atoms with Crippen molar-refractivity contribution < 1.29 is 18.0 Å². The maximum absolute atomic E-state index is 12.4. The Morgan fingerprint density at radius 2 is 1.59 bits per heavy atom. The summed E-state index contributed by atoms with van der Waals surface area (Å²) in [5, 5.41) is 3.16. The van der Waals surface area contributed by atoms with Crippen LogP contribution in [0.1, 0.15) is 11.1 Å². The summed E-state index contributed by atoms with van der Waals surface area (Å²) in [5.41, 5.74) is 0.348. The summed E-state index contributed by atoms with van der Waals surface area (Å²) in [6.07, 6.45) is -1.68. The van der Waals surface area contributed by atoms with Crippen LogP contribution in [0.15, 0.2) is 54.6 Å². The molecule has 0 saturated carbocycles. The van der Waals surface area contributed by atoms with Crippen LogP contribution in [0.5, 0.6) is 0 Å². The molecule has 2 nitrogen and oxygen atoms in total. The molecule has 0 atom stereocenters. The molecule has 2 aromatic rings. The molecule has 0 heterocycles. The molecule has 0 radical (unpaired) electrons. The number of hydrogen-bond donors (Lipinski definition) is 1. The van der Waals surface area contributed by atoms with Crippen molar-refractivity contribution >= 4 is 29.3 Å². The highest BCUT2D eigenvalue weighted by Gasteiger charge is 2.29. The molecule has 0 aliphatic carbocycles. The number of amides is 1. The van der Waals surface area contributed by atoms with Crippen molar-refractivity contribution in [2.24, 2.45) is 0 Å². The fraction of sp³-hybridized carbons (Fsp3) is 0.0625. The Labute approximate surface area is 130 Å². The molecule has 1 N–H and O–H groups in total. The van der Waals surface area contributed by atoms with Gasteiger partial charge in [-0.1, -0.05) is 23.7 Å². The number of carbonyl (C=O) groups excluding carboxylic acids is 1. The number of anilines is 1. The van der Waals surface area contributed by atoms with Gasteiger partial charge in [0.15, 0.2) is 0 Å². The lowest BCUT2D eigenvalue weighted by molar-refractivity contribution is -0.137. The second-order valence-corrected chi connectivity index (χ2v) is 4.89. The minimum atomic E-state index is -4.37. The Hall–Kier alpha value is -2.27. The summed E-state index contributed by atoms with van der Waals surface area (Å²) < 4.78 is 37.2.